The van der Waals surface area contributed by atoms with Gasteiger partial charge in [-0.2, -0.15) is 0 Å². The highest BCUT2D eigenvalue weighted by Crippen LogP contribution is 2.40. The summed E-state index contributed by atoms with van der Waals surface area (Å²) >= 11 is 0. The van der Waals surface area contributed by atoms with E-state index < -0.39 is 0 Å². The first-order chi connectivity index (χ1) is 13.2. The highest BCUT2D eigenvalue weighted by Gasteiger charge is 2.33. The molecule has 0 bridgehead atoms. The molecule has 0 amide bonds. The van der Waals surface area contributed by atoms with Gasteiger partial charge >= 0.3 is 0 Å². The number of nitrogens with one attached hydrogen (secondary N) is 2. The molecule has 2 N–H and O–H groups in total. The van der Waals surface area contributed by atoms with Crippen molar-refractivity contribution in [3.63, 3.8) is 0 Å². The lowest BCUT2D eigenvalue weighted by Crippen LogP contribution is -2.43. The molecule has 156 valence electrons. The second-order valence-electron chi connectivity index (χ2n) is 7.71. The minimum Gasteiger partial charge on any atom is -0.385 e. The zero-order valence-electron chi connectivity index (χ0n) is 17.3. The van der Waals surface area contributed by atoms with Crippen molar-refractivity contribution >= 4 is 35.6 Å². The third-order valence-corrected chi connectivity index (χ3v) is 5.76. The number of ether oxygens (including phenoxy) is 1. The minimum atomic E-state index is 0. The fraction of sp³-hybridized carbons (Fsp3) is 0.619. The van der Waals surface area contributed by atoms with E-state index in [1.165, 1.54) is 31.2 Å². The first-order valence-electron chi connectivity index (χ1n) is 10.0. The Morgan fingerprint density at radius 1 is 1.32 bits per heavy atom. The normalized spacial score (nSPS) is 16.2. The van der Waals surface area contributed by atoms with Crippen molar-refractivity contribution < 1.29 is 4.74 Å². The van der Waals surface area contributed by atoms with Gasteiger partial charge in [-0.3, -0.25) is 4.99 Å². The number of nitrogens with zero attached hydrogens (tertiary/aromatic N) is 3. The summed E-state index contributed by atoms with van der Waals surface area (Å²) in [5.41, 5.74) is 3.69. The molecule has 7 heteroatoms. The van der Waals surface area contributed by atoms with E-state index in [4.69, 9.17) is 9.72 Å². The topological polar surface area (TPSA) is 63.0 Å². The Hall–Kier alpha value is -1.35. The Morgan fingerprint density at radius 3 is 2.79 bits per heavy atom. The van der Waals surface area contributed by atoms with Crippen LogP contribution in [-0.4, -0.2) is 49.2 Å². The number of hydrogen-bond acceptors (Lipinski definition) is 3. The monoisotopic (exact) mass is 499 g/mol. The lowest BCUT2D eigenvalue weighted by Gasteiger charge is -2.29. The number of aromatic nitrogens is 2. The van der Waals surface area contributed by atoms with Gasteiger partial charge in [-0.1, -0.05) is 18.9 Å². The van der Waals surface area contributed by atoms with Gasteiger partial charge in [-0.25, -0.2) is 4.98 Å². The van der Waals surface area contributed by atoms with E-state index in [-0.39, 0.29) is 24.0 Å². The Kier molecular flexibility index (Phi) is 9.01. The van der Waals surface area contributed by atoms with Gasteiger partial charge in [-0.15, -0.1) is 24.0 Å². The van der Waals surface area contributed by atoms with Crippen LogP contribution in [0.4, 0.5) is 0 Å². The number of hydrogen-bond donors (Lipinski definition) is 2. The van der Waals surface area contributed by atoms with E-state index >= 15 is 0 Å². The second-order valence-corrected chi connectivity index (χ2v) is 7.71. The van der Waals surface area contributed by atoms with Crippen molar-refractivity contribution in [1.82, 2.24) is 20.0 Å². The fourth-order valence-corrected chi connectivity index (χ4v) is 4.08. The van der Waals surface area contributed by atoms with Crippen LogP contribution in [0.3, 0.4) is 0 Å². The van der Waals surface area contributed by atoms with Crippen molar-refractivity contribution in [3.05, 3.63) is 35.8 Å². The average molecular weight is 499 g/mol. The molecule has 0 spiro atoms. The van der Waals surface area contributed by atoms with Crippen LogP contribution in [0.1, 0.15) is 43.4 Å². The molecular weight excluding hydrogens is 465 g/mol. The van der Waals surface area contributed by atoms with Gasteiger partial charge in [-0.05, 0) is 43.2 Å². The van der Waals surface area contributed by atoms with E-state index in [1.54, 1.807) is 7.11 Å². The maximum Gasteiger partial charge on any atom is 0.191 e. The number of methoxy groups -OCH3 is 1. The van der Waals surface area contributed by atoms with Crippen LogP contribution in [0, 0.1) is 12.3 Å². The van der Waals surface area contributed by atoms with E-state index in [0.29, 0.717) is 5.41 Å². The number of guanidine groups is 1. The highest BCUT2D eigenvalue weighted by atomic mass is 127. The molecule has 1 aliphatic carbocycles. The van der Waals surface area contributed by atoms with E-state index in [9.17, 15) is 0 Å². The van der Waals surface area contributed by atoms with Crippen molar-refractivity contribution in [3.8, 4) is 0 Å². The van der Waals surface area contributed by atoms with Crippen LogP contribution in [0.5, 0.6) is 0 Å². The Balaban J connectivity index is 0.00000280. The number of halogens is 1. The highest BCUT2D eigenvalue weighted by molar-refractivity contribution is 14.0. The summed E-state index contributed by atoms with van der Waals surface area (Å²) in [4.78, 5) is 9.12. The second kappa shape index (κ2) is 11.0. The molecule has 0 aliphatic heterocycles. The van der Waals surface area contributed by atoms with Crippen LogP contribution in [0.2, 0.25) is 0 Å². The van der Waals surface area contributed by atoms with Gasteiger partial charge in [0.2, 0.25) is 0 Å². The summed E-state index contributed by atoms with van der Waals surface area (Å²) in [5, 5.41) is 6.97. The molecule has 28 heavy (non-hydrogen) atoms. The number of aliphatic imine (C=N–C) groups is 1. The summed E-state index contributed by atoms with van der Waals surface area (Å²) in [7, 11) is 3.62. The van der Waals surface area contributed by atoms with Crippen molar-refractivity contribution in [2.45, 2.75) is 45.4 Å². The summed E-state index contributed by atoms with van der Waals surface area (Å²) in [5.74, 6) is 0.874. The number of rotatable bonds is 8. The Bertz CT molecular complexity index is 767. The van der Waals surface area contributed by atoms with Crippen molar-refractivity contribution in [1.29, 1.82) is 0 Å². The first kappa shape index (κ1) is 22.9. The predicted molar refractivity (Wildman–Crippen MR) is 126 cm³/mol. The predicted octanol–water partition coefficient (Wildman–Crippen LogP) is 3.57. The molecule has 0 saturated heterocycles. The zero-order valence-corrected chi connectivity index (χ0v) is 19.7. The van der Waals surface area contributed by atoms with Crippen LogP contribution in [-0.2, 0) is 11.2 Å². The van der Waals surface area contributed by atoms with Crippen LogP contribution < -0.4 is 10.6 Å². The summed E-state index contributed by atoms with van der Waals surface area (Å²) in [6.07, 6.45) is 11.4. The summed E-state index contributed by atoms with van der Waals surface area (Å²) in [6.45, 7) is 4.71. The number of imidazole rings is 1. The number of fused-ring (bicyclic) bond motifs is 1. The van der Waals surface area contributed by atoms with Gasteiger partial charge in [0.1, 0.15) is 5.65 Å². The molecule has 1 fully saturated rings. The molecular formula is C21H34IN5O. The average Bonchev–Trinajstić information content (AvgIpc) is 3.31. The van der Waals surface area contributed by atoms with E-state index in [2.05, 4.69) is 45.3 Å². The lowest BCUT2D eigenvalue weighted by atomic mass is 9.83. The third-order valence-electron chi connectivity index (χ3n) is 5.76. The van der Waals surface area contributed by atoms with Gasteiger partial charge in [0.15, 0.2) is 5.96 Å². The molecule has 3 rings (SSSR count). The molecule has 0 aromatic carbocycles. The molecule has 2 heterocycles. The smallest absolute Gasteiger partial charge is 0.191 e. The third kappa shape index (κ3) is 5.83. The van der Waals surface area contributed by atoms with Crippen LogP contribution in [0.25, 0.3) is 5.65 Å². The maximum atomic E-state index is 5.33. The molecule has 1 aliphatic rings. The largest absolute Gasteiger partial charge is 0.385 e. The SMILES string of the molecule is CN=C(NCCc1cn2cccc(C)c2n1)NCC1(CCOC)CCCC1.I. The molecule has 0 unspecified atom stereocenters. The molecule has 6 nitrogen and oxygen atoms in total. The van der Waals surface area contributed by atoms with E-state index in [1.807, 2.05) is 13.2 Å². The number of pyridine rings is 1. The molecule has 2 aromatic heterocycles. The molecule has 0 radical (unpaired) electrons. The zero-order chi connectivity index (χ0) is 19.1. The Labute approximate surface area is 185 Å². The lowest BCUT2D eigenvalue weighted by molar-refractivity contribution is 0.138. The van der Waals surface area contributed by atoms with Crippen molar-refractivity contribution in [2.75, 3.05) is 33.9 Å². The van der Waals surface area contributed by atoms with E-state index in [0.717, 1.165) is 49.8 Å². The quantitative estimate of drug-likeness (QED) is 0.331. The van der Waals surface area contributed by atoms with Gasteiger partial charge in [0, 0.05) is 52.7 Å². The molecule has 2 aromatic rings. The van der Waals surface area contributed by atoms with Gasteiger partial charge in [0.05, 0.1) is 5.69 Å². The standard InChI is InChI=1S/C21H33N5O.HI/c1-17-7-6-13-26-15-18(25-19(17)26)8-12-23-20(22-2)24-16-21(11-14-27-3)9-4-5-10-21;/h6-7,13,15H,4-5,8-12,14,16H2,1-3H3,(H2,22,23,24);1H. The van der Waals surface area contributed by atoms with Gasteiger partial charge in [0.25, 0.3) is 0 Å². The fourth-order valence-electron chi connectivity index (χ4n) is 4.08. The molecule has 1 saturated carbocycles. The van der Waals surface area contributed by atoms with Gasteiger partial charge < -0.3 is 19.8 Å². The van der Waals surface area contributed by atoms with Crippen molar-refractivity contribution in [2.24, 2.45) is 10.4 Å². The Morgan fingerprint density at radius 2 is 2.11 bits per heavy atom. The summed E-state index contributed by atoms with van der Waals surface area (Å²) < 4.78 is 7.42. The summed E-state index contributed by atoms with van der Waals surface area (Å²) in [6, 6.07) is 4.15. The van der Waals surface area contributed by atoms with Crippen LogP contribution >= 0.6 is 24.0 Å². The molecule has 0 atom stereocenters. The van der Waals surface area contributed by atoms with Crippen LogP contribution in [0.15, 0.2) is 29.5 Å². The maximum absolute atomic E-state index is 5.33. The number of aryl methyl sites for hydroxylation is 1. The first-order valence-corrected chi connectivity index (χ1v) is 10.0. The minimum absolute atomic E-state index is 0.